The summed E-state index contributed by atoms with van der Waals surface area (Å²) in [7, 11) is 3.36. The van der Waals surface area contributed by atoms with Gasteiger partial charge in [-0.05, 0) is 42.7 Å². The number of benzene rings is 1. The lowest BCUT2D eigenvalue weighted by Crippen LogP contribution is -2.07. The van der Waals surface area contributed by atoms with Gasteiger partial charge in [0.15, 0.2) is 5.13 Å². The maximum Gasteiger partial charge on any atom is 0.223 e. The summed E-state index contributed by atoms with van der Waals surface area (Å²) in [5.41, 5.74) is 6.81. The minimum atomic E-state index is -0.135. The molecule has 0 fully saturated rings. The van der Waals surface area contributed by atoms with Crippen molar-refractivity contribution < 1.29 is 9.63 Å². The Bertz CT molecular complexity index is 1370. The number of carbonyl (C=O) groups is 1. The van der Waals surface area contributed by atoms with Crippen LogP contribution in [0.25, 0.3) is 27.5 Å². The van der Waals surface area contributed by atoms with Crippen LogP contribution in [0, 0.1) is 0 Å². The van der Waals surface area contributed by atoms with E-state index in [1.165, 1.54) is 25.4 Å². The molecule has 0 saturated carbocycles. The van der Waals surface area contributed by atoms with Crippen LogP contribution in [-0.2, 0) is 22.5 Å². The van der Waals surface area contributed by atoms with Gasteiger partial charge in [0.25, 0.3) is 0 Å². The van der Waals surface area contributed by atoms with E-state index >= 15 is 0 Å². The third kappa shape index (κ3) is 4.03. The Morgan fingerprint density at radius 3 is 2.71 bits per heavy atom. The van der Waals surface area contributed by atoms with Gasteiger partial charge >= 0.3 is 0 Å². The third-order valence-corrected chi connectivity index (χ3v) is 6.55. The molecule has 1 aliphatic rings. The summed E-state index contributed by atoms with van der Waals surface area (Å²) in [6, 6.07) is 11.9. The van der Waals surface area contributed by atoms with Crippen LogP contribution in [0.4, 0.5) is 10.9 Å². The maximum atomic E-state index is 11.6. The van der Waals surface area contributed by atoms with Crippen LogP contribution in [0.3, 0.4) is 0 Å². The molecule has 0 atom stereocenters. The lowest BCUT2D eigenvalue weighted by Gasteiger charge is -2.14. The van der Waals surface area contributed by atoms with E-state index in [0.717, 1.165) is 63.0 Å². The minimum absolute atomic E-state index is 0.135. The van der Waals surface area contributed by atoms with Gasteiger partial charge in [-0.15, -0.1) is 0 Å². The van der Waals surface area contributed by atoms with Gasteiger partial charge in [-0.25, -0.2) is 14.6 Å². The average Bonchev–Trinajstić information content (AvgIpc) is 3.43. The van der Waals surface area contributed by atoms with Crippen molar-refractivity contribution in [3.63, 3.8) is 0 Å². The highest BCUT2D eigenvalue weighted by molar-refractivity contribution is 7.19. The quantitative estimate of drug-likeness (QED) is 0.322. The Balaban J connectivity index is 1.66. The number of hydrogen-bond acceptors (Lipinski definition) is 8. The zero-order valence-electron chi connectivity index (χ0n) is 19.0. The lowest BCUT2D eigenvalue weighted by molar-refractivity contribution is -0.114. The summed E-state index contributed by atoms with van der Waals surface area (Å²) in [6.45, 7) is 1.49. The van der Waals surface area contributed by atoms with Crippen LogP contribution in [0.2, 0.25) is 0 Å². The van der Waals surface area contributed by atoms with Gasteiger partial charge < -0.3 is 15.5 Å². The zero-order valence-corrected chi connectivity index (χ0v) is 19.8. The van der Waals surface area contributed by atoms with Crippen LogP contribution >= 0.6 is 11.3 Å². The van der Waals surface area contributed by atoms with E-state index in [4.69, 9.17) is 9.94 Å². The molecule has 3 aromatic heterocycles. The number of carbonyl (C=O) groups excluding carboxylic acids is 1. The Morgan fingerprint density at radius 2 is 2.03 bits per heavy atom. The van der Waals surface area contributed by atoms with Gasteiger partial charge in [-0.2, -0.15) is 5.10 Å². The van der Waals surface area contributed by atoms with Gasteiger partial charge in [0.05, 0.1) is 33.9 Å². The van der Waals surface area contributed by atoms with Crippen molar-refractivity contribution in [2.45, 2.75) is 19.8 Å². The second-order valence-corrected chi connectivity index (χ2v) is 8.75. The predicted molar refractivity (Wildman–Crippen MR) is 134 cm³/mol. The summed E-state index contributed by atoms with van der Waals surface area (Å²) in [5.74, 6) is 0.666. The summed E-state index contributed by atoms with van der Waals surface area (Å²) in [5, 5.41) is 15.3. The van der Waals surface area contributed by atoms with Gasteiger partial charge in [-0.3, -0.25) is 4.79 Å². The average molecular weight is 474 g/mol. The Kier molecular flexibility index (Phi) is 5.81. The van der Waals surface area contributed by atoms with Crippen LogP contribution in [0.1, 0.15) is 23.7 Å². The molecular formula is C24H23N7O2S. The number of anilines is 2. The van der Waals surface area contributed by atoms with Crippen LogP contribution in [0.5, 0.6) is 0 Å². The summed E-state index contributed by atoms with van der Waals surface area (Å²) in [4.78, 5) is 26.6. The number of fused-ring (bicyclic) bond motifs is 3. The molecule has 0 radical (unpaired) electrons. The minimum Gasteiger partial charge on any atom is -0.399 e. The lowest BCUT2D eigenvalue weighted by atomic mass is 9.95. The van der Waals surface area contributed by atoms with E-state index in [2.05, 4.69) is 25.8 Å². The van der Waals surface area contributed by atoms with Gasteiger partial charge in [-0.1, -0.05) is 28.6 Å². The molecule has 5 rings (SSSR count). The third-order valence-electron chi connectivity index (χ3n) is 5.53. The molecule has 3 heterocycles. The Morgan fingerprint density at radius 1 is 1.21 bits per heavy atom. The molecule has 10 heteroatoms. The number of hydrogen-bond donors (Lipinski definition) is 2. The molecule has 2 N–H and O–H groups in total. The van der Waals surface area contributed by atoms with Crippen molar-refractivity contribution in [1.82, 2.24) is 19.7 Å². The molecule has 1 amide bonds. The van der Waals surface area contributed by atoms with Crippen molar-refractivity contribution >= 4 is 34.4 Å². The van der Waals surface area contributed by atoms with E-state index in [0.29, 0.717) is 5.13 Å². The fourth-order valence-corrected chi connectivity index (χ4v) is 5.11. The van der Waals surface area contributed by atoms with Gasteiger partial charge in [0.2, 0.25) is 5.91 Å². The molecule has 1 aliphatic carbocycles. The molecule has 9 nitrogen and oxygen atoms in total. The first-order chi connectivity index (χ1) is 16.6. The fourth-order valence-electron chi connectivity index (χ4n) is 3.99. The van der Waals surface area contributed by atoms with Gasteiger partial charge in [0, 0.05) is 31.3 Å². The number of oxime groups is 1. The first-order valence-electron chi connectivity index (χ1n) is 10.8. The van der Waals surface area contributed by atoms with E-state index < -0.39 is 0 Å². The van der Waals surface area contributed by atoms with E-state index in [1.54, 1.807) is 6.21 Å². The number of aromatic nitrogens is 4. The molecule has 172 valence electrons. The molecule has 0 unspecified atom stereocenters. The normalized spacial score (nSPS) is 12.3. The molecule has 0 aliphatic heterocycles. The summed E-state index contributed by atoms with van der Waals surface area (Å²) in [6.07, 6.45) is 5.08. The van der Waals surface area contributed by atoms with Crippen LogP contribution in [-0.4, -0.2) is 46.0 Å². The smallest absolute Gasteiger partial charge is 0.223 e. The molecule has 34 heavy (non-hydrogen) atoms. The number of nitrogens with one attached hydrogen (secondary N) is 2. The van der Waals surface area contributed by atoms with Crippen molar-refractivity contribution in [2.75, 3.05) is 24.8 Å². The molecule has 1 aromatic carbocycles. The number of amides is 1. The number of pyridine rings is 1. The standard InChI is InChI=1S/C24H23N7O2S/c1-14(32)28-24-29-19-10-9-18-21(16-6-11-20(25-2)26-13-16)30-31(22(18)23(19)34-24)17-7-4-15(5-8-17)12-27-33-3/h4-8,11-13H,9-10H2,1-3H3,(H,25,26)(H,28,29,32)/b27-12+. The molecule has 0 saturated heterocycles. The highest BCUT2D eigenvalue weighted by atomic mass is 32.1. The zero-order chi connectivity index (χ0) is 23.7. The SMILES string of the molecule is CNc1ccc(-c2nn(-c3ccc(/C=N/OC)cc3)c3c2CCc2nc(NC(C)=O)sc2-3)cn1. The highest BCUT2D eigenvalue weighted by Gasteiger charge is 2.30. The van der Waals surface area contributed by atoms with Gasteiger partial charge in [0.1, 0.15) is 12.9 Å². The highest BCUT2D eigenvalue weighted by Crippen LogP contribution is 2.44. The maximum absolute atomic E-state index is 11.6. The molecule has 4 aromatic rings. The van der Waals surface area contributed by atoms with Crippen LogP contribution in [0.15, 0.2) is 47.8 Å². The van der Waals surface area contributed by atoms with E-state index in [1.807, 2.05) is 54.3 Å². The summed E-state index contributed by atoms with van der Waals surface area (Å²) < 4.78 is 1.96. The first-order valence-corrected chi connectivity index (χ1v) is 11.6. The topological polar surface area (TPSA) is 106 Å². The molecule has 0 spiro atoms. The predicted octanol–water partition coefficient (Wildman–Crippen LogP) is 4.14. The second kappa shape index (κ2) is 9.06. The molecule has 0 bridgehead atoms. The number of thiazole rings is 1. The van der Waals surface area contributed by atoms with Crippen LogP contribution < -0.4 is 10.6 Å². The Labute approximate surface area is 200 Å². The van der Waals surface area contributed by atoms with Crippen molar-refractivity contribution in [3.05, 3.63) is 59.4 Å². The van der Waals surface area contributed by atoms with Crippen molar-refractivity contribution in [2.24, 2.45) is 5.16 Å². The summed E-state index contributed by atoms with van der Waals surface area (Å²) >= 11 is 1.48. The number of rotatable bonds is 6. The molecular weight excluding hydrogens is 450 g/mol. The van der Waals surface area contributed by atoms with E-state index in [-0.39, 0.29) is 5.91 Å². The van der Waals surface area contributed by atoms with Crippen molar-refractivity contribution in [3.8, 4) is 27.5 Å². The largest absolute Gasteiger partial charge is 0.399 e. The monoisotopic (exact) mass is 473 g/mol. The number of aryl methyl sites for hydroxylation is 1. The first kappa shape index (κ1) is 21.8. The second-order valence-electron chi connectivity index (χ2n) is 7.75. The number of nitrogens with zero attached hydrogens (tertiary/aromatic N) is 5. The van der Waals surface area contributed by atoms with Crippen molar-refractivity contribution in [1.29, 1.82) is 0 Å². The van der Waals surface area contributed by atoms with E-state index in [9.17, 15) is 4.79 Å². The Hall–Kier alpha value is -4.05. The fraction of sp³-hybridized carbons (Fsp3) is 0.208.